The van der Waals surface area contributed by atoms with Crippen molar-refractivity contribution in [2.75, 3.05) is 0 Å². The number of hydrogen-bond donors (Lipinski definition) is 1. The van der Waals surface area contributed by atoms with Gasteiger partial charge < -0.3 is 4.98 Å². The van der Waals surface area contributed by atoms with Gasteiger partial charge in [-0.3, -0.25) is 4.79 Å². The molecule has 0 aliphatic carbocycles. The highest BCUT2D eigenvalue weighted by Gasteiger charge is 2.08. The van der Waals surface area contributed by atoms with Gasteiger partial charge in [0, 0.05) is 18.7 Å². The van der Waals surface area contributed by atoms with Crippen LogP contribution in [0.3, 0.4) is 0 Å². The predicted molar refractivity (Wildman–Crippen MR) is 56.2 cm³/mol. The van der Waals surface area contributed by atoms with Gasteiger partial charge in [0.1, 0.15) is 0 Å². The molecule has 1 heterocycles. The van der Waals surface area contributed by atoms with Crippen molar-refractivity contribution in [2.24, 2.45) is 0 Å². The molecular formula is C12H11NO. The van der Waals surface area contributed by atoms with E-state index in [9.17, 15) is 4.79 Å². The second-order valence-corrected chi connectivity index (χ2v) is 3.19. The summed E-state index contributed by atoms with van der Waals surface area (Å²) in [5.41, 5.74) is 2.72. The lowest BCUT2D eigenvalue weighted by molar-refractivity contribution is 0.101. The highest BCUT2D eigenvalue weighted by Crippen LogP contribution is 2.22. The summed E-state index contributed by atoms with van der Waals surface area (Å²) >= 11 is 0. The Morgan fingerprint density at radius 1 is 1.14 bits per heavy atom. The van der Waals surface area contributed by atoms with E-state index in [1.165, 1.54) is 0 Å². The first-order valence-electron chi connectivity index (χ1n) is 4.53. The van der Waals surface area contributed by atoms with Crippen LogP contribution in [0.15, 0.2) is 42.6 Å². The Labute approximate surface area is 82.6 Å². The van der Waals surface area contributed by atoms with E-state index in [1.807, 2.05) is 36.4 Å². The molecule has 0 fully saturated rings. The summed E-state index contributed by atoms with van der Waals surface area (Å²) in [7, 11) is 0. The average Bonchev–Trinajstić information content (AvgIpc) is 2.67. The number of H-pyrrole nitrogens is 1. The SMILES string of the molecule is CC(=O)c1[nH]ccc1-c1ccccc1. The van der Waals surface area contributed by atoms with Crippen LogP contribution in [0.1, 0.15) is 17.4 Å². The van der Waals surface area contributed by atoms with Gasteiger partial charge in [-0.2, -0.15) is 0 Å². The van der Waals surface area contributed by atoms with Crippen molar-refractivity contribution < 1.29 is 4.79 Å². The number of rotatable bonds is 2. The van der Waals surface area contributed by atoms with E-state index in [4.69, 9.17) is 0 Å². The van der Waals surface area contributed by atoms with Crippen LogP contribution in [-0.2, 0) is 0 Å². The van der Waals surface area contributed by atoms with Gasteiger partial charge in [0.05, 0.1) is 5.69 Å². The molecule has 1 N–H and O–H groups in total. The van der Waals surface area contributed by atoms with Crippen molar-refractivity contribution in [1.29, 1.82) is 0 Å². The van der Waals surface area contributed by atoms with Crippen LogP contribution in [-0.4, -0.2) is 10.8 Å². The Morgan fingerprint density at radius 2 is 1.86 bits per heavy atom. The molecule has 0 radical (unpaired) electrons. The summed E-state index contributed by atoms with van der Waals surface area (Å²) in [4.78, 5) is 14.2. The van der Waals surface area contributed by atoms with Crippen molar-refractivity contribution in [3.8, 4) is 11.1 Å². The minimum atomic E-state index is 0.0638. The zero-order chi connectivity index (χ0) is 9.97. The molecule has 70 valence electrons. The van der Waals surface area contributed by atoms with Gasteiger partial charge in [0.25, 0.3) is 0 Å². The lowest BCUT2D eigenvalue weighted by Crippen LogP contribution is -1.94. The largest absolute Gasteiger partial charge is 0.358 e. The van der Waals surface area contributed by atoms with Gasteiger partial charge >= 0.3 is 0 Å². The third-order valence-corrected chi connectivity index (χ3v) is 2.18. The first-order valence-corrected chi connectivity index (χ1v) is 4.53. The third kappa shape index (κ3) is 1.46. The standard InChI is InChI=1S/C12H11NO/c1-9(14)12-11(7-8-13-12)10-5-3-2-4-6-10/h2-8,13H,1H3. The van der Waals surface area contributed by atoms with Gasteiger partial charge in [-0.1, -0.05) is 30.3 Å². The zero-order valence-corrected chi connectivity index (χ0v) is 7.95. The smallest absolute Gasteiger partial charge is 0.176 e. The maximum absolute atomic E-state index is 11.3. The molecule has 0 aliphatic rings. The number of carbonyl (C=O) groups is 1. The highest BCUT2D eigenvalue weighted by molar-refractivity contribution is 5.99. The van der Waals surface area contributed by atoms with Crippen molar-refractivity contribution in [3.05, 3.63) is 48.3 Å². The van der Waals surface area contributed by atoms with Gasteiger partial charge in [-0.25, -0.2) is 0 Å². The van der Waals surface area contributed by atoms with E-state index in [2.05, 4.69) is 4.98 Å². The number of benzene rings is 1. The molecular weight excluding hydrogens is 174 g/mol. The molecule has 2 nitrogen and oxygen atoms in total. The van der Waals surface area contributed by atoms with Gasteiger partial charge in [0.15, 0.2) is 5.78 Å². The summed E-state index contributed by atoms with van der Waals surface area (Å²) in [5, 5.41) is 0. The molecule has 0 atom stereocenters. The zero-order valence-electron chi connectivity index (χ0n) is 7.95. The van der Waals surface area contributed by atoms with Crippen molar-refractivity contribution >= 4 is 5.78 Å². The van der Waals surface area contributed by atoms with Crippen LogP contribution in [0.4, 0.5) is 0 Å². The molecule has 1 aromatic heterocycles. The fourth-order valence-corrected chi connectivity index (χ4v) is 1.52. The number of ketones is 1. The Morgan fingerprint density at radius 3 is 2.50 bits per heavy atom. The van der Waals surface area contributed by atoms with E-state index in [0.29, 0.717) is 5.69 Å². The van der Waals surface area contributed by atoms with Crippen molar-refractivity contribution in [2.45, 2.75) is 6.92 Å². The van der Waals surface area contributed by atoms with Gasteiger partial charge in [-0.05, 0) is 11.6 Å². The van der Waals surface area contributed by atoms with Crippen molar-refractivity contribution in [1.82, 2.24) is 4.98 Å². The van der Waals surface area contributed by atoms with Crippen molar-refractivity contribution in [3.63, 3.8) is 0 Å². The fraction of sp³-hybridized carbons (Fsp3) is 0.0833. The van der Waals surface area contributed by atoms with Crippen LogP contribution in [0, 0.1) is 0 Å². The van der Waals surface area contributed by atoms with E-state index in [1.54, 1.807) is 13.1 Å². The van der Waals surface area contributed by atoms with E-state index < -0.39 is 0 Å². The van der Waals surface area contributed by atoms with Crippen LogP contribution in [0.2, 0.25) is 0 Å². The number of carbonyl (C=O) groups excluding carboxylic acids is 1. The molecule has 0 bridgehead atoms. The summed E-state index contributed by atoms with van der Waals surface area (Å²) in [6.45, 7) is 1.57. The molecule has 14 heavy (non-hydrogen) atoms. The van der Waals surface area contributed by atoms with E-state index in [-0.39, 0.29) is 5.78 Å². The number of hydrogen-bond acceptors (Lipinski definition) is 1. The number of Topliss-reactive ketones (excluding diaryl/α,β-unsaturated/α-hetero) is 1. The minimum Gasteiger partial charge on any atom is -0.358 e. The molecule has 1 aromatic carbocycles. The summed E-state index contributed by atoms with van der Waals surface area (Å²) < 4.78 is 0. The van der Waals surface area contributed by atoms with Crippen LogP contribution >= 0.6 is 0 Å². The molecule has 0 amide bonds. The monoisotopic (exact) mass is 185 g/mol. The molecule has 0 unspecified atom stereocenters. The van der Waals surface area contributed by atoms with Gasteiger partial charge in [0.2, 0.25) is 0 Å². The molecule has 2 heteroatoms. The normalized spacial score (nSPS) is 10.1. The average molecular weight is 185 g/mol. The molecule has 0 spiro atoms. The number of aromatic amines is 1. The first kappa shape index (κ1) is 8.75. The quantitative estimate of drug-likeness (QED) is 0.717. The fourth-order valence-electron chi connectivity index (χ4n) is 1.52. The summed E-state index contributed by atoms with van der Waals surface area (Å²) in [6.07, 6.45) is 1.79. The number of nitrogens with one attached hydrogen (secondary N) is 1. The molecule has 2 aromatic rings. The Kier molecular flexibility index (Phi) is 2.19. The Hall–Kier alpha value is -1.83. The Balaban J connectivity index is 2.52. The van der Waals surface area contributed by atoms with Crippen LogP contribution in [0.5, 0.6) is 0 Å². The molecule has 0 saturated heterocycles. The minimum absolute atomic E-state index is 0.0638. The van der Waals surface area contributed by atoms with Gasteiger partial charge in [-0.15, -0.1) is 0 Å². The maximum Gasteiger partial charge on any atom is 0.176 e. The highest BCUT2D eigenvalue weighted by atomic mass is 16.1. The number of aromatic nitrogens is 1. The lowest BCUT2D eigenvalue weighted by atomic mass is 10.1. The second kappa shape index (κ2) is 3.50. The van der Waals surface area contributed by atoms with E-state index >= 15 is 0 Å². The maximum atomic E-state index is 11.3. The van der Waals surface area contributed by atoms with Crippen LogP contribution in [0.25, 0.3) is 11.1 Å². The summed E-state index contributed by atoms with van der Waals surface area (Å²) in [6, 6.07) is 11.8. The Bertz CT molecular complexity index is 442. The third-order valence-electron chi connectivity index (χ3n) is 2.18. The predicted octanol–water partition coefficient (Wildman–Crippen LogP) is 2.88. The van der Waals surface area contributed by atoms with Crippen LogP contribution < -0.4 is 0 Å². The first-order chi connectivity index (χ1) is 6.79. The molecule has 0 saturated carbocycles. The topological polar surface area (TPSA) is 32.9 Å². The summed E-state index contributed by atoms with van der Waals surface area (Å²) in [5.74, 6) is 0.0638. The molecule has 0 aliphatic heterocycles. The lowest BCUT2D eigenvalue weighted by Gasteiger charge is -2.00. The second-order valence-electron chi connectivity index (χ2n) is 3.19. The molecule has 2 rings (SSSR count). The van der Waals surface area contributed by atoms with E-state index in [0.717, 1.165) is 11.1 Å².